The second kappa shape index (κ2) is 5.49. The third kappa shape index (κ3) is 2.59. The number of aryl methyl sites for hydroxylation is 1. The molecule has 0 spiro atoms. The van der Waals surface area contributed by atoms with Crippen LogP contribution >= 0.6 is 0 Å². The maximum atomic E-state index is 13.6. The molecule has 0 radical (unpaired) electrons. The van der Waals surface area contributed by atoms with Crippen molar-refractivity contribution in [2.24, 2.45) is 0 Å². The molecule has 1 heterocycles. The van der Waals surface area contributed by atoms with Gasteiger partial charge in [-0.15, -0.1) is 0 Å². The molecular formula is C16H15FN2O. The largest absolute Gasteiger partial charge is 0.294 e. The number of fused-ring (bicyclic) bond motifs is 1. The number of aromatic nitrogens is 2. The first-order valence-corrected chi connectivity index (χ1v) is 6.85. The minimum Gasteiger partial charge on any atom is -0.294 e. The zero-order chi connectivity index (χ0) is 13.9. The Bertz CT molecular complexity index is 655. The number of halogens is 1. The Labute approximate surface area is 116 Å². The molecule has 0 aliphatic heterocycles. The van der Waals surface area contributed by atoms with Gasteiger partial charge in [0.25, 0.3) is 0 Å². The Morgan fingerprint density at radius 1 is 1.15 bits per heavy atom. The number of rotatable bonds is 2. The second-order valence-electron chi connectivity index (χ2n) is 5.05. The van der Waals surface area contributed by atoms with Crippen LogP contribution in [0.4, 0.5) is 4.39 Å². The molecule has 3 nitrogen and oxygen atoms in total. The monoisotopic (exact) mass is 270 g/mol. The van der Waals surface area contributed by atoms with E-state index in [4.69, 9.17) is 0 Å². The summed E-state index contributed by atoms with van der Waals surface area (Å²) in [6.45, 7) is 0. The minimum atomic E-state index is -0.248. The molecule has 0 saturated carbocycles. The van der Waals surface area contributed by atoms with Gasteiger partial charge in [0.2, 0.25) is 0 Å². The molecule has 0 amide bonds. The van der Waals surface area contributed by atoms with E-state index in [1.165, 1.54) is 6.07 Å². The molecule has 4 heteroatoms. The van der Waals surface area contributed by atoms with Crippen molar-refractivity contribution in [3.63, 3.8) is 0 Å². The SMILES string of the molecule is O=C1CCCCc2nc(Cc3ccccc3F)ncc21. The Morgan fingerprint density at radius 3 is 2.80 bits per heavy atom. The number of nitrogens with zero attached hydrogens (tertiary/aromatic N) is 2. The molecule has 0 N–H and O–H groups in total. The zero-order valence-electron chi connectivity index (χ0n) is 11.1. The standard InChI is InChI=1S/C16H15FN2O/c17-13-6-2-1-5-11(13)9-16-18-10-12-14(19-16)7-3-4-8-15(12)20/h1-2,5-6,10H,3-4,7-9H2. The molecule has 0 atom stereocenters. The summed E-state index contributed by atoms with van der Waals surface area (Å²) in [6, 6.07) is 6.62. The predicted molar refractivity (Wildman–Crippen MR) is 73.1 cm³/mol. The van der Waals surface area contributed by atoms with Gasteiger partial charge < -0.3 is 0 Å². The highest BCUT2D eigenvalue weighted by Crippen LogP contribution is 2.19. The molecule has 0 fully saturated rings. The van der Waals surface area contributed by atoms with Gasteiger partial charge in [-0.05, 0) is 30.9 Å². The fraction of sp³-hybridized carbons (Fsp3) is 0.312. The number of Topliss-reactive ketones (excluding diaryl/α,β-unsaturated/α-hetero) is 1. The van der Waals surface area contributed by atoms with Gasteiger partial charge in [-0.1, -0.05) is 18.2 Å². The van der Waals surface area contributed by atoms with Gasteiger partial charge >= 0.3 is 0 Å². The molecule has 0 saturated heterocycles. The van der Waals surface area contributed by atoms with Gasteiger partial charge in [-0.25, -0.2) is 14.4 Å². The highest BCUT2D eigenvalue weighted by Gasteiger charge is 2.18. The molecule has 1 aliphatic carbocycles. The number of hydrogen-bond donors (Lipinski definition) is 0. The van der Waals surface area contributed by atoms with Crippen LogP contribution in [0.3, 0.4) is 0 Å². The summed E-state index contributed by atoms with van der Waals surface area (Å²) in [4.78, 5) is 20.6. The van der Waals surface area contributed by atoms with Crippen molar-refractivity contribution in [3.05, 3.63) is 58.9 Å². The van der Waals surface area contributed by atoms with Gasteiger partial charge in [0.1, 0.15) is 11.6 Å². The van der Waals surface area contributed by atoms with E-state index < -0.39 is 0 Å². The lowest BCUT2D eigenvalue weighted by atomic mass is 10.1. The number of benzene rings is 1. The first-order valence-electron chi connectivity index (χ1n) is 6.85. The van der Waals surface area contributed by atoms with Crippen molar-refractivity contribution in [1.29, 1.82) is 0 Å². The number of ketones is 1. The number of carbonyl (C=O) groups excluding carboxylic acids is 1. The summed E-state index contributed by atoms with van der Waals surface area (Å²) in [7, 11) is 0. The lowest BCUT2D eigenvalue weighted by molar-refractivity contribution is 0.0981. The quantitative estimate of drug-likeness (QED) is 0.787. The van der Waals surface area contributed by atoms with E-state index in [-0.39, 0.29) is 11.6 Å². The first-order chi connectivity index (χ1) is 9.74. The molecule has 1 aliphatic rings. The first kappa shape index (κ1) is 12.9. The average molecular weight is 270 g/mol. The van der Waals surface area contributed by atoms with E-state index in [9.17, 15) is 9.18 Å². The van der Waals surface area contributed by atoms with E-state index in [0.29, 0.717) is 29.8 Å². The normalized spacial score (nSPS) is 14.8. The molecule has 1 aromatic carbocycles. The van der Waals surface area contributed by atoms with Crippen molar-refractivity contribution in [2.75, 3.05) is 0 Å². The molecule has 2 aromatic rings. The molecule has 0 bridgehead atoms. The molecule has 1 aromatic heterocycles. The Hall–Kier alpha value is -2.10. The van der Waals surface area contributed by atoms with Crippen LogP contribution in [0.5, 0.6) is 0 Å². The molecule has 20 heavy (non-hydrogen) atoms. The third-order valence-corrected chi connectivity index (χ3v) is 3.59. The van der Waals surface area contributed by atoms with Crippen molar-refractivity contribution in [2.45, 2.75) is 32.1 Å². The van der Waals surface area contributed by atoms with E-state index >= 15 is 0 Å². The van der Waals surface area contributed by atoms with Crippen LogP contribution in [0, 0.1) is 5.82 Å². The highest BCUT2D eigenvalue weighted by molar-refractivity contribution is 5.97. The summed E-state index contributed by atoms with van der Waals surface area (Å²) >= 11 is 0. The van der Waals surface area contributed by atoms with Crippen LogP contribution in [-0.4, -0.2) is 15.8 Å². The van der Waals surface area contributed by atoms with Crippen molar-refractivity contribution < 1.29 is 9.18 Å². The summed E-state index contributed by atoms with van der Waals surface area (Å²) in [5.41, 5.74) is 2.03. The van der Waals surface area contributed by atoms with Crippen molar-refractivity contribution in [3.8, 4) is 0 Å². The van der Waals surface area contributed by atoms with Crippen LogP contribution in [0.15, 0.2) is 30.5 Å². The van der Waals surface area contributed by atoms with Crippen LogP contribution < -0.4 is 0 Å². The van der Waals surface area contributed by atoms with Gasteiger partial charge in [0.05, 0.1) is 11.3 Å². The maximum absolute atomic E-state index is 13.6. The summed E-state index contributed by atoms with van der Waals surface area (Å²) in [5.74, 6) is 0.445. The van der Waals surface area contributed by atoms with Gasteiger partial charge in [-0.2, -0.15) is 0 Å². The molecule has 3 rings (SSSR count). The minimum absolute atomic E-state index is 0.120. The Morgan fingerprint density at radius 2 is 1.95 bits per heavy atom. The summed E-state index contributed by atoms with van der Waals surface area (Å²) < 4.78 is 13.6. The van der Waals surface area contributed by atoms with E-state index in [1.54, 1.807) is 24.4 Å². The summed E-state index contributed by atoms with van der Waals surface area (Å²) in [6.07, 6.45) is 5.20. The molecular weight excluding hydrogens is 255 g/mol. The smallest absolute Gasteiger partial charge is 0.166 e. The lowest BCUT2D eigenvalue weighted by Crippen LogP contribution is -2.08. The Kier molecular flexibility index (Phi) is 3.54. The van der Waals surface area contributed by atoms with E-state index in [2.05, 4.69) is 9.97 Å². The third-order valence-electron chi connectivity index (χ3n) is 3.59. The molecule has 0 unspecified atom stereocenters. The fourth-order valence-corrected chi connectivity index (χ4v) is 2.49. The zero-order valence-corrected chi connectivity index (χ0v) is 11.1. The average Bonchev–Trinajstić information content (AvgIpc) is 2.63. The van der Waals surface area contributed by atoms with Gasteiger partial charge in [0, 0.05) is 19.0 Å². The van der Waals surface area contributed by atoms with Crippen LogP contribution in [0.25, 0.3) is 0 Å². The van der Waals surface area contributed by atoms with Crippen LogP contribution in [0.1, 0.15) is 46.7 Å². The maximum Gasteiger partial charge on any atom is 0.166 e. The Balaban J connectivity index is 1.91. The van der Waals surface area contributed by atoms with E-state index in [1.807, 2.05) is 0 Å². The van der Waals surface area contributed by atoms with Crippen LogP contribution in [0.2, 0.25) is 0 Å². The summed E-state index contributed by atoms with van der Waals surface area (Å²) in [5, 5.41) is 0. The fourth-order valence-electron chi connectivity index (χ4n) is 2.49. The lowest BCUT2D eigenvalue weighted by Gasteiger charge is -2.07. The van der Waals surface area contributed by atoms with E-state index in [0.717, 1.165) is 25.0 Å². The molecule has 102 valence electrons. The van der Waals surface area contributed by atoms with Gasteiger partial charge in [0.15, 0.2) is 5.78 Å². The topological polar surface area (TPSA) is 42.9 Å². The van der Waals surface area contributed by atoms with Gasteiger partial charge in [-0.3, -0.25) is 4.79 Å². The van der Waals surface area contributed by atoms with Crippen LogP contribution in [-0.2, 0) is 12.8 Å². The highest BCUT2D eigenvalue weighted by atomic mass is 19.1. The number of carbonyl (C=O) groups is 1. The van der Waals surface area contributed by atoms with Crippen molar-refractivity contribution in [1.82, 2.24) is 9.97 Å². The second-order valence-corrected chi connectivity index (χ2v) is 5.05. The van der Waals surface area contributed by atoms with Crippen molar-refractivity contribution >= 4 is 5.78 Å². The predicted octanol–water partition coefficient (Wildman–Crippen LogP) is 3.12. The number of hydrogen-bond acceptors (Lipinski definition) is 3.